The van der Waals surface area contributed by atoms with E-state index in [4.69, 9.17) is 9.84 Å². The fourth-order valence-electron chi connectivity index (χ4n) is 2.06. The summed E-state index contributed by atoms with van der Waals surface area (Å²) in [6, 6.07) is 7.77. The second-order valence-electron chi connectivity index (χ2n) is 6.62. The average Bonchev–Trinajstić information content (AvgIpc) is 2.48. The number of benzene rings is 1. The van der Waals surface area contributed by atoms with E-state index in [0.29, 0.717) is 18.7 Å². The Kier molecular flexibility index (Phi) is 7.59. The molecule has 2 N–H and O–H groups in total. The molecule has 5 nitrogen and oxygen atoms in total. The fourth-order valence-corrected chi connectivity index (χ4v) is 2.06. The van der Waals surface area contributed by atoms with Crippen molar-refractivity contribution < 1.29 is 19.4 Å². The fraction of sp³-hybridized carbons (Fsp3) is 0.556. The molecule has 5 heteroatoms. The first-order valence-corrected chi connectivity index (χ1v) is 8.01. The highest BCUT2D eigenvalue weighted by molar-refractivity contribution is 5.77. The molecule has 0 aliphatic heterocycles. The molecule has 1 amide bonds. The van der Waals surface area contributed by atoms with Crippen LogP contribution < -0.4 is 10.1 Å². The minimum Gasteiger partial charge on any atom is -0.484 e. The van der Waals surface area contributed by atoms with Crippen LogP contribution >= 0.6 is 0 Å². The van der Waals surface area contributed by atoms with Crippen LogP contribution in [-0.4, -0.2) is 30.1 Å². The first kappa shape index (κ1) is 19.0. The summed E-state index contributed by atoms with van der Waals surface area (Å²) in [5, 5.41) is 11.3. The third kappa shape index (κ3) is 8.24. The zero-order chi connectivity index (χ0) is 17.3. The van der Waals surface area contributed by atoms with Crippen molar-refractivity contribution in [2.45, 2.75) is 51.9 Å². The molecule has 0 spiro atoms. The number of nitrogens with one attached hydrogen (secondary N) is 1. The third-order valence-electron chi connectivity index (χ3n) is 3.48. The van der Waals surface area contributed by atoms with Gasteiger partial charge in [0.2, 0.25) is 0 Å². The van der Waals surface area contributed by atoms with Crippen molar-refractivity contribution in [2.24, 2.45) is 0 Å². The molecular weight excluding hydrogens is 294 g/mol. The van der Waals surface area contributed by atoms with Gasteiger partial charge in [-0.3, -0.25) is 9.59 Å². The first-order chi connectivity index (χ1) is 10.8. The normalized spacial score (nSPS) is 11.1. The molecule has 0 fully saturated rings. The monoisotopic (exact) mass is 321 g/mol. The van der Waals surface area contributed by atoms with Gasteiger partial charge >= 0.3 is 5.97 Å². The second kappa shape index (κ2) is 9.18. The van der Waals surface area contributed by atoms with Gasteiger partial charge in [-0.05, 0) is 36.0 Å². The highest BCUT2D eigenvalue weighted by Crippen LogP contribution is 2.24. The van der Waals surface area contributed by atoms with E-state index in [9.17, 15) is 9.59 Å². The van der Waals surface area contributed by atoms with Crippen molar-refractivity contribution in [1.29, 1.82) is 0 Å². The number of carbonyl (C=O) groups is 2. The van der Waals surface area contributed by atoms with Crippen molar-refractivity contribution in [3.05, 3.63) is 29.8 Å². The standard InChI is InChI=1S/C18H27NO4/c1-18(2,3)14-8-10-15(11-9-14)23-13-16(20)19-12-6-4-5-7-17(21)22/h8-11H,4-7,12-13H2,1-3H3,(H,19,20)(H,21,22). The van der Waals surface area contributed by atoms with Crippen molar-refractivity contribution >= 4 is 11.9 Å². The van der Waals surface area contributed by atoms with Crippen LogP contribution in [0.25, 0.3) is 0 Å². The summed E-state index contributed by atoms with van der Waals surface area (Å²) >= 11 is 0. The molecule has 0 saturated carbocycles. The molecule has 0 heterocycles. The molecule has 23 heavy (non-hydrogen) atoms. The molecule has 0 atom stereocenters. The highest BCUT2D eigenvalue weighted by atomic mass is 16.5. The summed E-state index contributed by atoms with van der Waals surface area (Å²) in [6.45, 7) is 6.97. The number of hydrogen-bond acceptors (Lipinski definition) is 3. The summed E-state index contributed by atoms with van der Waals surface area (Å²) in [5.74, 6) is -0.266. The molecule has 1 aromatic carbocycles. The Morgan fingerprint density at radius 3 is 2.30 bits per heavy atom. The van der Waals surface area contributed by atoms with E-state index in [0.717, 1.165) is 12.8 Å². The summed E-state index contributed by atoms with van der Waals surface area (Å²) in [4.78, 5) is 22.0. The Morgan fingerprint density at radius 1 is 1.09 bits per heavy atom. The van der Waals surface area contributed by atoms with Crippen LogP contribution in [0.1, 0.15) is 52.0 Å². The Labute approximate surface area is 138 Å². The van der Waals surface area contributed by atoms with E-state index < -0.39 is 5.97 Å². The van der Waals surface area contributed by atoms with Gasteiger partial charge in [-0.2, -0.15) is 0 Å². The number of rotatable bonds is 9. The Morgan fingerprint density at radius 2 is 1.74 bits per heavy atom. The number of carboxylic acids is 1. The van der Waals surface area contributed by atoms with Gasteiger partial charge in [-0.1, -0.05) is 39.3 Å². The molecule has 0 saturated heterocycles. The largest absolute Gasteiger partial charge is 0.484 e. The van der Waals surface area contributed by atoms with E-state index in [2.05, 4.69) is 26.1 Å². The van der Waals surface area contributed by atoms with E-state index >= 15 is 0 Å². The van der Waals surface area contributed by atoms with E-state index in [-0.39, 0.29) is 24.3 Å². The second-order valence-corrected chi connectivity index (χ2v) is 6.62. The predicted molar refractivity (Wildman–Crippen MR) is 89.8 cm³/mol. The first-order valence-electron chi connectivity index (χ1n) is 8.01. The molecule has 0 radical (unpaired) electrons. The lowest BCUT2D eigenvalue weighted by Gasteiger charge is -2.19. The van der Waals surface area contributed by atoms with Gasteiger partial charge in [-0.15, -0.1) is 0 Å². The molecule has 1 rings (SSSR count). The van der Waals surface area contributed by atoms with Crippen LogP contribution in [0.3, 0.4) is 0 Å². The summed E-state index contributed by atoms with van der Waals surface area (Å²) in [5.41, 5.74) is 1.31. The Bertz CT molecular complexity index is 503. The Hall–Kier alpha value is -2.04. The maximum absolute atomic E-state index is 11.7. The van der Waals surface area contributed by atoms with Gasteiger partial charge in [-0.25, -0.2) is 0 Å². The maximum Gasteiger partial charge on any atom is 0.303 e. The molecule has 128 valence electrons. The topological polar surface area (TPSA) is 75.6 Å². The molecule has 0 aliphatic carbocycles. The quantitative estimate of drug-likeness (QED) is 0.685. The highest BCUT2D eigenvalue weighted by Gasteiger charge is 2.13. The number of aliphatic carboxylic acids is 1. The molecule has 0 aliphatic rings. The minimum absolute atomic E-state index is 0.00993. The van der Waals surface area contributed by atoms with Gasteiger partial charge in [0.15, 0.2) is 6.61 Å². The van der Waals surface area contributed by atoms with Crippen LogP contribution in [0.5, 0.6) is 5.75 Å². The summed E-state index contributed by atoms with van der Waals surface area (Å²) in [6.07, 6.45) is 2.39. The number of amides is 1. The number of hydrogen-bond donors (Lipinski definition) is 2. The lowest BCUT2D eigenvalue weighted by Crippen LogP contribution is -2.29. The average molecular weight is 321 g/mol. The smallest absolute Gasteiger partial charge is 0.303 e. The van der Waals surface area contributed by atoms with Crippen molar-refractivity contribution in [2.75, 3.05) is 13.2 Å². The number of unbranched alkanes of at least 4 members (excludes halogenated alkanes) is 2. The molecule has 1 aromatic rings. The zero-order valence-corrected chi connectivity index (χ0v) is 14.2. The number of carbonyl (C=O) groups excluding carboxylic acids is 1. The van der Waals surface area contributed by atoms with Gasteiger partial charge in [0.25, 0.3) is 5.91 Å². The zero-order valence-electron chi connectivity index (χ0n) is 14.2. The summed E-state index contributed by atoms with van der Waals surface area (Å²) < 4.78 is 5.46. The molecule has 0 bridgehead atoms. The van der Waals surface area contributed by atoms with Crippen LogP contribution in [0, 0.1) is 0 Å². The van der Waals surface area contributed by atoms with Gasteiger partial charge in [0.1, 0.15) is 5.75 Å². The Balaban J connectivity index is 2.19. The van der Waals surface area contributed by atoms with Crippen molar-refractivity contribution in [3.63, 3.8) is 0 Å². The molecule has 0 aromatic heterocycles. The predicted octanol–water partition coefficient (Wildman–Crippen LogP) is 3.12. The van der Waals surface area contributed by atoms with E-state index in [1.807, 2.05) is 24.3 Å². The summed E-state index contributed by atoms with van der Waals surface area (Å²) in [7, 11) is 0. The van der Waals surface area contributed by atoms with Crippen LogP contribution in [-0.2, 0) is 15.0 Å². The number of carboxylic acid groups (broad SMARTS) is 1. The number of ether oxygens (including phenoxy) is 1. The SMILES string of the molecule is CC(C)(C)c1ccc(OCC(=O)NCCCCCC(=O)O)cc1. The minimum atomic E-state index is -0.778. The van der Waals surface area contributed by atoms with E-state index in [1.165, 1.54) is 5.56 Å². The molecule has 0 unspecified atom stereocenters. The van der Waals surface area contributed by atoms with Crippen LogP contribution in [0.2, 0.25) is 0 Å². The van der Waals surface area contributed by atoms with Crippen molar-refractivity contribution in [3.8, 4) is 5.75 Å². The van der Waals surface area contributed by atoms with Gasteiger partial charge < -0.3 is 15.2 Å². The third-order valence-corrected chi connectivity index (χ3v) is 3.48. The lowest BCUT2D eigenvalue weighted by atomic mass is 9.87. The van der Waals surface area contributed by atoms with Crippen LogP contribution in [0.15, 0.2) is 24.3 Å². The maximum atomic E-state index is 11.7. The van der Waals surface area contributed by atoms with Gasteiger partial charge in [0, 0.05) is 13.0 Å². The van der Waals surface area contributed by atoms with Gasteiger partial charge in [0.05, 0.1) is 0 Å². The lowest BCUT2D eigenvalue weighted by molar-refractivity contribution is -0.137. The van der Waals surface area contributed by atoms with Crippen LogP contribution in [0.4, 0.5) is 0 Å². The van der Waals surface area contributed by atoms with Crippen molar-refractivity contribution in [1.82, 2.24) is 5.32 Å². The molecular formula is C18H27NO4. The van der Waals surface area contributed by atoms with E-state index in [1.54, 1.807) is 0 Å².